The number of aromatic nitrogens is 2. The number of thiophene rings is 1. The normalized spacial score (nSPS) is 13.3. The number of ether oxygens (including phenoxy) is 2. The molecule has 3 heterocycles. The van der Waals surface area contributed by atoms with Gasteiger partial charge in [0, 0.05) is 23.1 Å². The van der Waals surface area contributed by atoms with Gasteiger partial charge in [-0.15, -0.1) is 11.3 Å². The Labute approximate surface area is 138 Å². The highest BCUT2D eigenvalue weighted by Gasteiger charge is 2.14. The Morgan fingerprint density at radius 1 is 1.13 bits per heavy atom. The Bertz CT molecular complexity index is 876. The lowest BCUT2D eigenvalue weighted by molar-refractivity contribution is 0.171. The number of nitrogens with zero attached hydrogens (tertiary/aromatic N) is 2. The van der Waals surface area contributed by atoms with E-state index >= 15 is 0 Å². The van der Waals surface area contributed by atoms with Crippen LogP contribution in [0.5, 0.6) is 11.5 Å². The van der Waals surface area contributed by atoms with Gasteiger partial charge in [-0.2, -0.15) is 0 Å². The Morgan fingerprint density at radius 3 is 2.78 bits per heavy atom. The minimum Gasteiger partial charge on any atom is -0.486 e. The summed E-state index contributed by atoms with van der Waals surface area (Å²) in [5, 5.41) is 4.46. The third-order valence-corrected chi connectivity index (χ3v) is 4.63. The van der Waals surface area contributed by atoms with E-state index in [0.29, 0.717) is 13.2 Å². The van der Waals surface area contributed by atoms with E-state index in [1.165, 1.54) is 4.88 Å². The van der Waals surface area contributed by atoms with Gasteiger partial charge in [0.2, 0.25) is 0 Å². The molecule has 1 aliphatic heterocycles. The maximum atomic E-state index is 5.64. The summed E-state index contributed by atoms with van der Waals surface area (Å²) in [7, 11) is 0. The van der Waals surface area contributed by atoms with Crippen molar-refractivity contribution in [3.63, 3.8) is 0 Å². The molecule has 23 heavy (non-hydrogen) atoms. The summed E-state index contributed by atoms with van der Waals surface area (Å²) >= 11 is 1.69. The first kappa shape index (κ1) is 14.3. The van der Waals surface area contributed by atoms with Crippen molar-refractivity contribution in [2.75, 3.05) is 18.5 Å². The van der Waals surface area contributed by atoms with Crippen molar-refractivity contribution in [1.29, 1.82) is 0 Å². The SMILES string of the molecule is CCc1nc(Nc2ccc3c(c2)OCCO3)c2cc(C)sc2n1. The van der Waals surface area contributed by atoms with E-state index < -0.39 is 0 Å². The lowest BCUT2D eigenvalue weighted by Crippen LogP contribution is -2.15. The molecule has 2 aromatic heterocycles. The summed E-state index contributed by atoms with van der Waals surface area (Å²) in [5.41, 5.74) is 0.931. The van der Waals surface area contributed by atoms with Crippen LogP contribution in [-0.4, -0.2) is 23.2 Å². The molecule has 5 nitrogen and oxygen atoms in total. The predicted molar refractivity (Wildman–Crippen MR) is 92.2 cm³/mol. The second-order valence-corrected chi connectivity index (χ2v) is 6.64. The van der Waals surface area contributed by atoms with Gasteiger partial charge in [-0.25, -0.2) is 9.97 Å². The molecule has 1 N–H and O–H groups in total. The highest BCUT2D eigenvalue weighted by Crippen LogP contribution is 2.35. The molecule has 6 heteroatoms. The van der Waals surface area contributed by atoms with Crippen LogP contribution in [0.3, 0.4) is 0 Å². The molecule has 0 saturated heterocycles. The lowest BCUT2D eigenvalue weighted by Gasteiger charge is -2.19. The molecule has 0 spiro atoms. The minimum absolute atomic E-state index is 0.581. The summed E-state index contributed by atoms with van der Waals surface area (Å²) in [6, 6.07) is 7.98. The molecule has 0 unspecified atom stereocenters. The average Bonchev–Trinajstić information content (AvgIpc) is 2.95. The number of nitrogens with one attached hydrogen (secondary N) is 1. The van der Waals surface area contributed by atoms with E-state index in [1.54, 1.807) is 11.3 Å². The van der Waals surface area contributed by atoms with Crippen LogP contribution < -0.4 is 14.8 Å². The molecule has 0 aliphatic carbocycles. The van der Waals surface area contributed by atoms with E-state index in [0.717, 1.165) is 45.5 Å². The number of aryl methyl sites for hydroxylation is 2. The first-order valence-electron chi connectivity index (χ1n) is 7.66. The second-order valence-electron chi connectivity index (χ2n) is 5.40. The molecule has 0 radical (unpaired) electrons. The van der Waals surface area contributed by atoms with Crippen LogP contribution in [0, 0.1) is 6.92 Å². The van der Waals surface area contributed by atoms with E-state index in [2.05, 4.69) is 35.2 Å². The molecule has 0 saturated carbocycles. The molecule has 0 fully saturated rings. The van der Waals surface area contributed by atoms with Gasteiger partial charge in [-0.1, -0.05) is 6.92 Å². The van der Waals surface area contributed by atoms with Crippen LogP contribution in [0.4, 0.5) is 11.5 Å². The first-order chi connectivity index (χ1) is 11.2. The second kappa shape index (κ2) is 5.70. The smallest absolute Gasteiger partial charge is 0.163 e. The molecule has 3 aromatic rings. The Balaban J connectivity index is 1.74. The van der Waals surface area contributed by atoms with Gasteiger partial charge in [0.15, 0.2) is 11.5 Å². The van der Waals surface area contributed by atoms with Crippen molar-refractivity contribution in [3.8, 4) is 11.5 Å². The standard InChI is InChI=1S/C17H17N3O2S/c1-3-15-19-16(12-8-10(2)23-17(12)20-15)18-11-4-5-13-14(9-11)22-7-6-21-13/h4-5,8-9H,3,6-7H2,1-2H3,(H,18,19,20). The Kier molecular flexibility index (Phi) is 3.53. The van der Waals surface area contributed by atoms with Crippen LogP contribution in [0.2, 0.25) is 0 Å². The zero-order chi connectivity index (χ0) is 15.8. The largest absolute Gasteiger partial charge is 0.486 e. The summed E-state index contributed by atoms with van der Waals surface area (Å²) < 4.78 is 11.2. The van der Waals surface area contributed by atoms with Crippen molar-refractivity contribution in [2.45, 2.75) is 20.3 Å². The number of rotatable bonds is 3. The minimum atomic E-state index is 0.581. The monoisotopic (exact) mass is 327 g/mol. The Hall–Kier alpha value is -2.34. The molecular formula is C17H17N3O2S. The molecule has 4 rings (SSSR count). The molecule has 0 bridgehead atoms. The molecular weight excluding hydrogens is 310 g/mol. The number of hydrogen-bond donors (Lipinski definition) is 1. The zero-order valence-electron chi connectivity index (χ0n) is 13.0. The van der Waals surface area contributed by atoms with Gasteiger partial charge in [-0.3, -0.25) is 0 Å². The highest BCUT2D eigenvalue weighted by atomic mass is 32.1. The van der Waals surface area contributed by atoms with E-state index in [4.69, 9.17) is 9.47 Å². The van der Waals surface area contributed by atoms with Gasteiger partial charge in [0.05, 0.1) is 5.39 Å². The summed E-state index contributed by atoms with van der Waals surface area (Å²) in [4.78, 5) is 11.5. The number of hydrogen-bond acceptors (Lipinski definition) is 6. The quantitative estimate of drug-likeness (QED) is 0.785. The summed E-state index contributed by atoms with van der Waals surface area (Å²) in [6.07, 6.45) is 0.808. The van der Waals surface area contributed by atoms with Gasteiger partial charge in [-0.05, 0) is 25.1 Å². The highest BCUT2D eigenvalue weighted by molar-refractivity contribution is 7.18. The molecule has 0 amide bonds. The van der Waals surface area contributed by atoms with Crippen molar-refractivity contribution < 1.29 is 9.47 Å². The van der Waals surface area contributed by atoms with Crippen LogP contribution in [0.25, 0.3) is 10.2 Å². The van der Waals surface area contributed by atoms with Crippen LogP contribution in [0.15, 0.2) is 24.3 Å². The van der Waals surface area contributed by atoms with Crippen molar-refractivity contribution >= 4 is 33.1 Å². The van der Waals surface area contributed by atoms with Crippen molar-refractivity contribution in [1.82, 2.24) is 9.97 Å². The predicted octanol–water partition coefficient (Wildman–Crippen LogP) is 4.08. The summed E-state index contributed by atoms with van der Waals surface area (Å²) in [5.74, 6) is 3.24. The maximum Gasteiger partial charge on any atom is 0.163 e. The molecule has 0 atom stereocenters. The molecule has 1 aliphatic rings. The van der Waals surface area contributed by atoms with Crippen molar-refractivity contribution in [3.05, 3.63) is 35.0 Å². The van der Waals surface area contributed by atoms with E-state index in [9.17, 15) is 0 Å². The topological polar surface area (TPSA) is 56.3 Å². The number of fused-ring (bicyclic) bond motifs is 2. The van der Waals surface area contributed by atoms with E-state index in [-0.39, 0.29) is 0 Å². The zero-order valence-corrected chi connectivity index (χ0v) is 13.9. The lowest BCUT2D eigenvalue weighted by atomic mass is 10.2. The average molecular weight is 327 g/mol. The van der Waals surface area contributed by atoms with Gasteiger partial charge < -0.3 is 14.8 Å². The summed E-state index contributed by atoms with van der Waals surface area (Å²) in [6.45, 7) is 5.33. The van der Waals surface area contributed by atoms with Crippen LogP contribution >= 0.6 is 11.3 Å². The fourth-order valence-electron chi connectivity index (χ4n) is 2.60. The van der Waals surface area contributed by atoms with Crippen molar-refractivity contribution in [2.24, 2.45) is 0 Å². The first-order valence-corrected chi connectivity index (χ1v) is 8.48. The van der Waals surface area contributed by atoms with Crippen LogP contribution in [0.1, 0.15) is 17.6 Å². The third kappa shape index (κ3) is 2.70. The third-order valence-electron chi connectivity index (χ3n) is 3.68. The maximum absolute atomic E-state index is 5.64. The van der Waals surface area contributed by atoms with Gasteiger partial charge in [0.1, 0.15) is 29.7 Å². The fraction of sp³-hybridized carbons (Fsp3) is 0.294. The van der Waals surface area contributed by atoms with Gasteiger partial charge in [0.25, 0.3) is 0 Å². The van der Waals surface area contributed by atoms with E-state index in [1.807, 2.05) is 18.2 Å². The Morgan fingerprint density at radius 2 is 1.96 bits per heavy atom. The van der Waals surface area contributed by atoms with Gasteiger partial charge >= 0.3 is 0 Å². The number of anilines is 2. The number of benzene rings is 1. The fourth-order valence-corrected chi connectivity index (χ4v) is 3.50. The van der Waals surface area contributed by atoms with Crippen LogP contribution in [-0.2, 0) is 6.42 Å². The molecule has 1 aromatic carbocycles. The molecule has 118 valence electrons.